The van der Waals surface area contributed by atoms with E-state index >= 15 is 0 Å². The van der Waals surface area contributed by atoms with Gasteiger partial charge in [0.15, 0.2) is 0 Å². The van der Waals surface area contributed by atoms with Gasteiger partial charge in [-0.2, -0.15) is 0 Å². The van der Waals surface area contributed by atoms with E-state index in [0.29, 0.717) is 0 Å². The van der Waals surface area contributed by atoms with Crippen molar-refractivity contribution in [1.82, 2.24) is 15.1 Å². The normalized spacial score (nSPS) is 29.4. The van der Waals surface area contributed by atoms with Gasteiger partial charge in [-0.25, -0.2) is 0 Å². The molecule has 14 heavy (non-hydrogen) atoms. The zero-order chi connectivity index (χ0) is 9.80. The van der Waals surface area contributed by atoms with Gasteiger partial charge in [-0.1, -0.05) is 0 Å². The SMILES string of the molecule is CNCCCN1CCC(N2CCC2)C1. The number of nitrogens with zero attached hydrogens (tertiary/aromatic N) is 2. The van der Waals surface area contributed by atoms with Crippen molar-refractivity contribution in [2.75, 3.05) is 46.3 Å². The predicted molar refractivity (Wildman–Crippen MR) is 59.6 cm³/mol. The van der Waals surface area contributed by atoms with Gasteiger partial charge in [0.25, 0.3) is 0 Å². The van der Waals surface area contributed by atoms with Gasteiger partial charge in [0.05, 0.1) is 0 Å². The summed E-state index contributed by atoms with van der Waals surface area (Å²) in [6, 6.07) is 0.887. The molecule has 0 aromatic carbocycles. The van der Waals surface area contributed by atoms with Crippen LogP contribution >= 0.6 is 0 Å². The van der Waals surface area contributed by atoms with E-state index in [0.717, 1.165) is 12.6 Å². The molecule has 2 fully saturated rings. The molecule has 2 aliphatic rings. The molecule has 2 heterocycles. The average molecular weight is 197 g/mol. The first-order valence-electron chi connectivity index (χ1n) is 6.01. The molecule has 0 amide bonds. The third-order valence-corrected chi connectivity index (χ3v) is 3.56. The monoisotopic (exact) mass is 197 g/mol. The maximum atomic E-state index is 3.21. The van der Waals surface area contributed by atoms with Crippen LogP contribution in [0.25, 0.3) is 0 Å². The first-order chi connectivity index (χ1) is 6.90. The quantitative estimate of drug-likeness (QED) is 0.643. The summed E-state index contributed by atoms with van der Waals surface area (Å²) in [5, 5.41) is 3.21. The van der Waals surface area contributed by atoms with E-state index in [1.165, 1.54) is 52.0 Å². The van der Waals surface area contributed by atoms with E-state index < -0.39 is 0 Å². The summed E-state index contributed by atoms with van der Waals surface area (Å²) in [6.45, 7) is 7.80. The summed E-state index contributed by atoms with van der Waals surface area (Å²) in [4.78, 5) is 5.28. The number of hydrogen-bond acceptors (Lipinski definition) is 3. The number of hydrogen-bond donors (Lipinski definition) is 1. The van der Waals surface area contributed by atoms with Gasteiger partial charge in [0, 0.05) is 12.6 Å². The molecule has 1 unspecified atom stereocenters. The highest BCUT2D eigenvalue weighted by Crippen LogP contribution is 2.20. The lowest BCUT2D eigenvalue weighted by Gasteiger charge is -2.36. The lowest BCUT2D eigenvalue weighted by molar-refractivity contribution is 0.120. The molecule has 0 aromatic rings. The van der Waals surface area contributed by atoms with Gasteiger partial charge >= 0.3 is 0 Å². The first kappa shape index (κ1) is 10.4. The molecule has 0 spiro atoms. The molecule has 2 aliphatic heterocycles. The van der Waals surface area contributed by atoms with Crippen molar-refractivity contribution in [3.63, 3.8) is 0 Å². The van der Waals surface area contributed by atoms with Crippen LogP contribution in [0, 0.1) is 0 Å². The van der Waals surface area contributed by atoms with Crippen molar-refractivity contribution in [2.45, 2.75) is 25.3 Å². The Morgan fingerprint density at radius 1 is 1.29 bits per heavy atom. The van der Waals surface area contributed by atoms with Gasteiger partial charge in [-0.3, -0.25) is 4.90 Å². The maximum absolute atomic E-state index is 3.21. The molecule has 1 atom stereocenters. The van der Waals surface area contributed by atoms with Crippen LogP contribution in [-0.2, 0) is 0 Å². The second-order valence-corrected chi connectivity index (χ2v) is 4.59. The van der Waals surface area contributed by atoms with Crippen LogP contribution in [0.2, 0.25) is 0 Å². The van der Waals surface area contributed by atoms with Crippen LogP contribution in [0.15, 0.2) is 0 Å². The second kappa shape index (κ2) is 5.10. The van der Waals surface area contributed by atoms with E-state index in [1.54, 1.807) is 0 Å². The van der Waals surface area contributed by atoms with Crippen molar-refractivity contribution in [3.05, 3.63) is 0 Å². The fraction of sp³-hybridized carbons (Fsp3) is 1.00. The molecule has 82 valence electrons. The lowest BCUT2D eigenvalue weighted by Crippen LogP contribution is -2.46. The number of rotatable bonds is 5. The van der Waals surface area contributed by atoms with Gasteiger partial charge in [-0.15, -0.1) is 0 Å². The Balaban J connectivity index is 1.61. The number of likely N-dealkylation sites (tertiary alicyclic amines) is 2. The van der Waals surface area contributed by atoms with Crippen LogP contribution in [0.4, 0.5) is 0 Å². The summed E-state index contributed by atoms with van der Waals surface area (Å²) in [5.74, 6) is 0. The standard InChI is InChI=1S/C11H23N3/c1-12-5-2-6-13-9-4-11(10-13)14-7-3-8-14/h11-12H,2-10H2,1H3. The molecule has 0 saturated carbocycles. The van der Waals surface area contributed by atoms with E-state index in [2.05, 4.69) is 15.1 Å². The zero-order valence-electron chi connectivity index (χ0n) is 9.34. The van der Waals surface area contributed by atoms with Crippen LogP contribution in [0.5, 0.6) is 0 Å². The highest BCUT2D eigenvalue weighted by molar-refractivity contribution is 4.86. The van der Waals surface area contributed by atoms with Gasteiger partial charge in [0.1, 0.15) is 0 Å². The number of nitrogens with one attached hydrogen (secondary N) is 1. The Bertz CT molecular complexity index is 168. The van der Waals surface area contributed by atoms with E-state index in [1.807, 2.05) is 7.05 Å². The Hall–Kier alpha value is -0.120. The molecule has 1 N–H and O–H groups in total. The summed E-state index contributed by atoms with van der Waals surface area (Å²) >= 11 is 0. The minimum absolute atomic E-state index is 0.887. The minimum Gasteiger partial charge on any atom is -0.320 e. The van der Waals surface area contributed by atoms with Crippen molar-refractivity contribution < 1.29 is 0 Å². The van der Waals surface area contributed by atoms with Crippen LogP contribution < -0.4 is 5.32 Å². The topological polar surface area (TPSA) is 18.5 Å². The van der Waals surface area contributed by atoms with Gasteiger partial charge < -0.3 is 10.2 Å². The zero-order valence-corrected chi connectivity index (χ0v) is 9.34. The van der Waals surface area contributed by atoms with Crippen LogP contribution in [0.1, 0.15) is 19.3 Å². The van der Waals surface area contributed by atoms with E-state index in [9.17, 15) is 0 Å². The Labute approximate surface area is 87.4 Å². The molecule has 3 nitrogen and oxygen atoms in total. The molecular formula is C11H23N3. The fourth-order valence-electron chi connectivity index (χ4n) is 2.50. The van der Waals surface area contributed by atoms with Crippen LogP contribution in [0.3, 0.4) is 0 Å². The maximum Gasteiger partial charge on any atom is 0.0235 e. The van der Waals surface area contributed by atoms with Crippen molar-refractivity contribution in [1.29, 1.82) is 0 Å². The Morgan fingerprint density at radius 3 is 2.79 bits per heavy atom. The summed E-state index contributed by atoms with van der Waals surface area (Å²) in [6.07, 6.45) is 4.12. The molecule has 0 radical (unpaired) electrons. The summed E-state index contributed by atoms with van der Waals surface area (Å²) in [7, 11) is 2.03. The summed E-state index contributed by atoms with van der Waals surface area (Å²) in [5.41, 5.74) is 0. The largest absolute Gasteiger partial charge is 0.320 e. The first-order valence-corrected chi connectivity index (χ1v) is 6.01. The molecule has 2 rings (SSSR count). The second-order valence-electron chi connectivity index (χ2n) is 4.59. The van der Waals surface area contributed by atoms with Gasteiger partial charge in [0.2, 0.25) is 0 Å². The minimum atomic E-state index is 0.887. The molecule has 3 heteroatoms. The highest BCUT2D eigenvalue weighted by Gasteiger charge is 2.29. The predicted octanol–water partition coefficient (Wildman–Crippen LogP) is 0.376. The average Bonchev–Trinajstić information content (AvgIpc) is 2.51. The fourth-order valence-corrected chi connectivity index (χ4v) is 2.50. The molecule has 0 aromatic heterocycles. The Morgan fingerprint density at radius 2 is 2.14 bits per heavy atom. The van der Waals surface area contributed by atoms with E-state index in [-0.39, 0.29) is 0 Å². The molecule has 0 aliphatic carbocycles. The third kappa shape index (κ3) is 2.47. The molecule has 0 bridgehead atoms. The molecule has 2 saturated heterocycles. The summed E-state index contributed by atoms with van der Waals surface area (Å²) < 4.78 is 0. The van der Waals surface area contributed by atoms with Crippen LogP contribution in [-0.4, -0.2) is 62.2 Å². The van der Waals surface area contributed by atoms with E-state index in [4.69, 9.17) is 0 Å². The van der Waals surface area contributed by atoms with Crippen molar-refractivity contribution in [2.24, 2.45) is 0 Å². The van der Waals surface area contributed by atoms with Gasteiger partial charge in [-0.05, 0) is 59.0 Å². The molecular weight excluding hydrogens is 174 g/mol. The Kier molecular flexibility index (Phi) is 3.79. The highest BCUT2D eigenvalue weighted by atomic mass is 15.3. The van der Waals surface area contributed by atoms with Crippen molar-refractivity contribution in [3.8, 4) is 0 Å². The smallest absolute Gasteiger partial charge is 0.0235 e. The van der Waals surface area contributed by atoms with Crippen molar-refractivity contribution >= 4 is 0 Å². The lowest BCUT2D eigenvalue weighted by atomic mass is 10.1. The third-order valence-electron chi connectivity index (χ3n) is 3.56.